The van der Waals surface area contributed by atoms with E-state index in [1.807, 2.05) is 6.92 Å². The molecule has 2 heterocycles. The van der Waals surface area contributed by atoms with Crippen LogP contribution in [0.4, 0.5) is 0 Å². The highest BCUT2D eigenvalue weighted by atomic mass is 31.1. The third kappa shape index (κ3) is 2.55. The van der Waals surface area contributed by atoms with Gasteiger partial charge in [-0.25, -0.2) is 0 Å². The van der Waals surface area contributed by atoms with Crippen molar-refractivity contribution in [3.63, 3.8) is 0 Å². The molecule has 4 unspecified atom stereocenters. The van der Waals surface area contributed by atoms with Crippen molar-refractivity contribution in [2.24, 2.45) is 0 Å². The van der Waals surface area contributed by atoms with Crippen LogP contribution in [-0.2, 0) is 23.3 Å². The van der Waals surface area contributed by atoms with Gasteiger partial charge >= 0.3 is 8.25 Å². The van der Waals surface area contributed by atoms with Crippen molar-refractivity contribution in [1.82, 2.24) is 0 Å². The van der Waals surface area contributed by atoms with E-state index in [0.717, 1.165) is 6.42 Å². The molecule has 2 saturated heterocycles. The summed E-state index contributed by atoms with van der Waals surface area (Å²) in [7, 11) is 3.00. The normalized spacial score (nSPS) is 40.8. The summed E-state index contributed by atoms with van der Waals surface area (Å²) < 4.78 is 32.2. The van der Waals surface area contributed by atoms with Gasteiger partial charge in [0, 0.05) is 17.2 Å². The quantitative estimate of drug-likeness (QED) is 0.415. The van der Waals surface area contributed by atoms with Crippen molar-refractivity contribution >= 4 is 16.1 Å². The van der Waals surface area contributed by atoms with Crippen molar-refractivity contribution < 1.29 is 28.2 Å². The topological polar surface area (TPSA) is 74.2 Å². The summed E-state index contributed by atoms with van der Waals surface area (Å²) in [6.07, 6.45) is -0.277. The second kappa shape index (κ2) is 5.30. The van der Waals surface area contributed by atoms with Crippen LogP contribution in [0, 0.1) is 0 Å². The minimum absolute atomic E-state index is 0.249. The largest absolute Gasteiger partial charge is 0.695 e. The summed E-state index contributed by atoms with van der Waals surface area (Å²) in [5, 5.41) is 0. The van der Waals surface area contributed by atoms with E-state index in [1.54, 1.807) is 0 Å². The lowest BCUT2D eigenvalue weighted by Gasteiger charge is -2.29. The molecule has 0 spiro atoms. The first-order valence-corrected chi connectivity index (χ1v) is 6.68. The first kappa shape index (κ1) is 13.4. The molecule has 0 aromatic carbocycles. The Balaban J connectivity index is 2.04. The summed E-state index contributed by atoms with van der Waals surface area (Å²) in [6.45, 7) is 3.09. The Labute approximate surface area is 102 Å². The van der Waals surface area contributed by atoms with E-state index < -0.39 is 32.1 Å². The molecule has 17 heavy (non-hydrogen) atoms. The minimum atomic E-state index is -2.72. The molecule has 8 heteroatoms. The highest BCUT2D eigenvalue weighted by molar-refractivity contribution is 7.32. The van der Waals surface area contributed by atoms with Crippen LogP contribution in [0.2, 0.25) is 0 Å². The fourth-order valence-corrected chi connectivity index (χ4v) is 2.72. The maximum atomic E-state index is 10.8. The summed E-state index contributed by atoms with van der Waals surface area (Å²) >= 11 is 0. The Kier molecular flexibility index (Phi) is 4.18. The standard InChI is InChI=1S/C9H14BO6P/c1-2-3-13-4-9-5-14-6(8(10)15-9)7(9)16-17(11)12/h6-8H,2-5H2,1H3/p+1/t6?,7?,8?,9-/m0/s1. The molecular formula is C9H15BO6P+. The Morgan fingerprint density at radius 3 is 3.00 bits per heavy atom. The lowest BCUT2D eigenvalue weighted by molar-refractivity contribution is -0.145. The zero-order valence-electron chi connectivity index (χ0n) is 9.57. The molecule has 2 aliphatic rings. The second-order valence-electron chi connectivity index (χ2n) is 4.24. The molecule has 0 aromatic rings. The molecule has 2 radical (unpaired) electrons. The van der Waals surface area contributed by atoms with Crippen molar-refractivity contribution in [3.8, 4) is 0 Å². The van der Waals surface area contributed by atoms with E-state index in [-0.39, 0.29) is 13.2 Å². The summed E-state index contributed by atoms with van der Waals surface area (Å²) in [6, 6.07) is -0.645. The molecule has 0 aromatic heterocycles. The van der Waals surface area contributed by atoms with E-state index in [2.05, 4.69) is 0 Å². The zero-order valence-corrected chi connectivity index (χ0v) is 10.5. The van der Waals surface area contributed by atoms with E-state index in [1.165, 1.54) is 0 Å². The predicted molar refractivity (Wildman–Crippen MR) is 58.9 cm³/mol. The lowest BCUT2D eigenvalue weighted by Crippen LogP contribution is -2.46. The first-order valence-electron chi connectivity index (χ1n) is 5.55. The van der Waals surface area contributed by atoms with Crippen molar-refractivity contribution in [3.05, 3.63) is 0 Å². The van der Waals surface area contributed by atoms with Crippen LogP contribution in [0.15, 0.2) is 0 Å². The number of hydrogen-bond acceptors (Lipinski definition) is 5. The van der Waals surface area contributed by atoms with Crippen LogP contribution in [0.25, 0.3) is 0 Å². The fourth-order valence-electron chi connectivity index (χ4n) is 2.21. The molecule has 2 rings (SSSR count). The number of rotatable bonds is 6. The van der Waals surface area contributed by atoms with Gasteiger partial charge in [0.05, 0.1) is 13.2 Å². The lowest BCUT2D eigenvalue weighted by atomic mass is 9.92. The van der Waals surface area contributed by atoms with E-state index in [9.17, 15) is 4.57 Å². The van der Waals surface area contributed by atoms with Gasteiger partial charge in [-0.1, -0.05) is 6.92 Å². The Morgan fingerprint density at radius 1 is 1.65 bits per heavy atom. The fraction of sp³-hybridized carbons (Fsp3) is 1.00. The first-order chi connectivity index (χ1) is 8.09. The van der Waals surface area contributed by atoms with Gasteiger partial charge in [0.1, 0.15) is 19.6 Å². The summed E-state index contributed by atoms with van der Waals surface area (Å²) in [4.78, 5) is 8.84. The Hall–Kier alpha value is -0.0351. The Bertz CT molecular complexity index is 303. The molecule has 5 atom stereocenters. The number of fused-ring (bicyclic) bond motifs is 2. The van der Waals surface area contributed by atoms with Crippen LogP contribution in [0.1, 0.15) is 13.3 Å². The predicted octanol–water partition coefficient (Wildman–Crippen LogP) is 0.110. The maximum Gasteiger partial charge on any atom is 0.695 e. The molecule has 1 N–H and O–H groups in total. The molecule has 2 bridgehead atoms. The van der Waals surface area contributed by atoms with Gasteiger partial charge in [-0.05, 0) is 6.42 Å². The maximum absolute atomic E-state index is 10.8. The van der Waals surface area contributed by atoms with Gasteiger partial charge in [-0.15, -0.1) is 9.42 Å². The van der Waals surface area contributed by atoms with Gasteiger partial charge < -0.3 is 14.2 Å². The van der Waals surface area contributed by atoms with Gasteiger partial charge in [-0.3, -0.25) is 0 Å². The molecule has 94 valence electrons. The van der Waals surface area contributed by atoms with Crippen LogP contribution in [0.3, 0.4) is 0 Å². The molecule has 2 fully saturated rings. The molecule has 0 aliphatic carbocycles. The third-order valence-electron chi connectivity index (χ3n) is 2.93. The van der Waals surface area contributed by atoms with E-state index >= 15 is 0 Å². The molecule has 6 nitrogen and oxygen atoms in total. The molecule has 0 saturated carbocycles. The van der Waals surface area contributed by atoms with Gasteiger partial charge in [-0.2, -0.15) is 0 Å². The summed E-state index contributed by atoms with van der Waals surface area (Å²) in [5.41, 5.74) is -0.854. The van der Waals surface area contributed by atoms with Crippen molar-refractivity contribution in [2.45, 2.75) is 37.2 Å². The van der Waals surface area contributed by atoms with E-state index in [0.29, 0.717) is 6.61 Å². The smallest absolute Gasteiger partial charge is 0.378 e. The summed E-state index contributed by atoms with van der Waals surface area (Å²) in [5.74, 6) is 0. The monoisotopic (exact) mass is 261 g/mol. The van der Waals surface area contributed by atoms with Crippen molar-refractivity contribution in [2.75, 3.05) is 19.8 Å². The van der Waals surface area contributed by atoms with Gasteiger partial charge in [0.15, 0.2) is 6.10 Å². The zero-order chi connectivity index (χ0) is 12.5. The molecule has 0 amide bonds. The van der Waals surface area contributed by atoms with Crippen LogP contribution in [-0.4, -0.2) is 56.4 Å². The second-order valence-corrected chi connectivity index (χ2v) is 4.93. The van der Waals surface area contributed by atoms with Crippen LogP contribution >= 0.6 is 8.25 Å². The number of ether oxygens (including phenoxy) is 3. The van der Waals surface area contributed by atoms with Gasteiger partial charge in [0.25, 0.3) is 0 Å². The Morgan fingerprint density at radius 2 is 2.41 bits per heavy atom. The average Bonchev–Trinajstić information content (AvgIpc) is 2.69. The molecular weight excluding hydrogens is 246 g/mol. The third-order valence-corrected chi connectivity index (χ3v) is 3.34. The highest BCUT2D eigenvalue weighted by Crippen LogP contribution is 2.44. The SMILES string of the molecule is [B]C1O[C@@]2(COCCC)COC1C2O[P+](=O)O. The van der Waals surface area contributed by atoms with Crippen LogP contribution < -0.4 is 0 Å². The van der Waals surface area contributed by atoms with Gasteiger partial charge in [0.2, 0.25) is 0 Å². The minimum Gasteiger partial charge on any atom is -0.378 e. The average molecular weight is 261 g/mol. The number of hydrogen-bond donors (Lipinski definition) is 1. The molecule has 2 aliphatic heterocycles. The highest BCUT2D eigenvalue weighted by Gasteiger charge is 2.63. The van der Waals surface area contributed by atoms with E-state index in [4.69, 9.17) is 31.5 Å². The van der Waals surface area contributed by atoms with Crippen LogP contribution in [0.5, 0.6) is 0 Å². The van der Waals surface area contributed by atoms with Crippen molar-refractivity contribution in [1.29, 1.82) is 0 Å².